The van der Waals surface area contributed by atoms with Gasteiger partial charge >= 0.3 is 5.97 Å². The highest BCUT2D eigenvalue weighted by Crippen LogP contribution is 2.30. The van der Waals surface area contributed by atoms with Crippen molar-refractivity contribution >= 4 is 66.8 Å². The van der Waals surface area contributed by atoms with Crippen LogP contribution >= 0.6 is 44.1 Å². The molecule has 0 atom stereocenters. The number of carbonyl (C=O) groups excluding carboxylic acids is 1. The van der Waals surface area contributed by atoms with Gasteiger partial charge in [-0.2, -0.15) is 0 Å². The predicted molar refractivity (Wildman–Crippen MR) is 92.6 cm³/mol. The molecule has 1 amide bonds. The second-order valence-corrected chi connectivity index (χ2v) is 6.89. The summed E-state index contributed by atoms with van der Waals surface area (Å²) >= 11 is 11.5. The second kappa shape index (κ2) is 7.86. The summed E-state index contributed by atoms with van der Waals surface area (Å²) < 4.78 is 1.14. The van der Waals surface area contributed by atoms with Gasteiger partial charge in [-0.1, -0.05) is 29.8 Å². The Balaban J connectivity index is 2.90. The average Bonchev–Trinajstić information content (AvgIpc) is 2.30. The summed E-state index contributed by atoms with van der Waals surface area (Å²) in [5, 5.41) is 14.5. The van der Waals surface area contributed by atoms with Crippen molar-refractivity contribution in [2.24, 2.45) is 5.92 Å². The quantitative estimate of drug-likeness (QED) is 0.625. The van der Waals surface area contributed by atoms with E-state index in [4.69, 9.17) is 12.2 Å². The molecule has 0 aliphatic carbocycles. The summed E-state index contributed by atoms with van der Waals surface area (Å²) in [6.45, 7) is 3.84. The Bertz CT molecular complexity index is 591. The van der Waals surface area contributed by atoms with Gasteiger partial charge in [-0.25, -0.2) is 4.79 Å². The van der Waals surface area contributed by atoms with Gasteiger partial charge in [0.25, 0.3) is 0 Å². The maximum Gasteiger partial charge on any atom is 0.337 e. The summed E-state index contributed by atoms with van der Waals surface area (Å²) in [5.74, 6) is -1.11. The van der Waals surface area contributed by atoms with Crippen LogP contribution in [0.5, 0.6) is 0 Å². The number of anilines is 1. The number of benzene rings is 1. The molecule has 114 valence electrons. The summed E-state index contributed by atoms with van der Waals surface area (Å²) in [7, 11) is 0. The lowest BCUT2D eigenvalue weighted by molar-refractivity contribution is -0.120. The van der Waals surface area contributed by atoms with E-state index in [-0.39, 0.29) is 22.5 Å². The van der Waals surface area contributed by atoms with Crippen LogP contribution in [0.2, 0.25) is 0 Å². The van der Waals surface area contributed by atoms with Gasteiger partial charge in [0.1, 0.15) is 0 Å². The summed E-state index contributed by atoms with van der Waals surface area (Å²) in [6.07, 6.45) is 0.342. The zero-order chi connectivity index (χ0) is 16.2. The van der Waals surface area contributed by atoms with Crippen LogP contribution in [-0.4, -0.2) is 22.1 Å². The van der Waals surface area contributed by atoms with Gasteiger partial charge < -0.3 is 15.7 Å². The van der Waals surface area contributed by atoms with Crippen molar-refractivity contribution in [1.29, 1.82) is 0 Å². The second-order valence-electron chi connectivity index (χ2n) is 4.72. The molecule has 0 aromatic heterocycles. The van der Waals surface area contributed by atoms with E-state index in [1.807, 2.05) is 13.8 Å². The molecule has 1 aromatic rings. The van der Waals surface area contributed by atoms with Crippen LogP contribution in [0.4, 0.5) is 5.69 Å². The monoisotopic (exact) mass is 436 g/mol. The van der Waals surface area contributed by atoms with Crippen molar-refractivity contribution in [3.8, 4) is 0 Å². The number of carboxylic acid groups (broad SMARTS) is 1. The fraction of sp³-hybridized carbons (Fsp3) is 0.308. The van der Waals surface area contributed by atoms with Crippen LogP contribution < -0.4 is 10.6 Å². The molecule has 3 N–H and O–H groups in total. The summed E-state index contributed by atoms with van der Waals surface area (Å²) in [4.78, 5) is 22.9. The molecule has 0 fully saturated rings. The van der Waals surface area contributed by atoms with Gasteiger partial charge in [0, 0.05) is 15.4 Å². The van der Waals surface area contributed by atoms with Crippen LogP contribution in [0.1, 0.15) is 30.6 Å². The maximum absolute atomic E-state index is 11.6. The Labute approximate surface area is 144 Å². The number of amides is 1. The van der Waals surface area contributed by atoms with Crippen molar-refractivity contribution in [1.82, 2.24) is 5.32 Å². The van der Waals surface area contributed by atoms with E-state index in [1.54, 1.807) is 6.07 Å². The fourth-order valence-corrected chi connectivity index (χ4v) is 3.10. The van der Waals surface area contributed by atoms with E-state index < -0.39 is 5.97 Å². The average molecular weight is 438 g/mol. The minimum absolute atomic E-state index is 0.0386. The first-order valence-corrected chi connectivity index (χ1v) is 8.03. The molecule has 0 heterocycles. The predicted octanol–water partition coefficient (Wildman–Crippen LogP) is 3.77. The largest absolute Gasteiger partial charge is 0.478 e. The van der Waals surface area contributed by atoms with Crippen LogP contribution in [0.15, 0.2) is 21.1 Å². The van der Waals surface area contributed by atoms with Crippen molar-refractivity contribution < 1.29 is 14.7 Å². The minimum Gasteiger partial charge on any atom is -0.478 e. The molecule has 0 unspecified atom stereocenters. The lowest BCUT2D eigenvalue weighted by Crippen LogP contribution is -2.35. The zero-order valence-corrected chi connectivity index (χ0v) is 15.4. The van der Waals surface area contributed by atoms with Crippen molar-refractivity contribution in [3.05, 3.63) is 26.6 Å². The molecule has 0 spiro atoms. The highest BCUT2D eigenvalue weighted by molar-refractivity contribution is 9.11. The standard InChI is InChI=1S/C13H14Br2N2O3S/c1-6(2)3-10(18)16-13(21)17-11-8(12(19)20)4-7(14)5-9(11)15/h4-6H,3H2,1-2H3,(H,19,20)(H2,16,17,18,21). The Hall–Kier alpha value is -0.990. The molecule has 0 aliphatic rings. The number of hydrogen-bond donors (Lipinski definition) is 3. The van der Waals surface area contributed by atoms with Crippen LogP contribution in [-0.2, 0) is 4.79 Å². The third-order valence-corrected chi connectivity index (χ3v) is 3.66. The third kappa shape index (κ3) is 5.72. The molecule has 5 nitrogen and oxygen atoms in total. The number of aromatic carboxylic acids is 1. The lowest BCUT2D eigenvalue weighted by Gasteiger charge is -2.14. The summed E-state index contributed by atoms with van der Waals surface area (Å²) in [6, 6.07) is 3.14. The molecule has 0 saturated heterocycles. The van der Waals surface area contributed by atoms with E-state index in [9.17, 15) is 14.7 Å². The van der Waals surface area contributed by atoms with Crippen molar-refractivity contribution in [2.75, 3.05) is 5.32 Å². The van der Waals surface area contributed by atoms with E-state index in [1.165, 1.54) is 6.07 Å². The third-order valence-electron chi connectivity index (χ3n) is 2.37. The number of carbonyl (C=O) groups is 2. The Morgan fingerprint density at radius 3 is 2.48 bits per heavy atom. The van der Waals surface area contributed by atoms with Gasteiger partial charge in [0.05, 0.1) is 11.3 Å². The van der Waals surface area contributed by atoms with Gasteiger partial charge in [0.2, 0.25) is 5.91 Å². The van der Waals surface area contributed by atoms with Gasteiger partial charge in [-0.05, 0) is 46.2 Å². The SMILES string of the molecule is CC(C)CC(=O)NC(=S)Nc1c(Br)cc(Br)cc1C(=O)O. The molecular formula is C13H14Br2N2O3S. The van der Waals surface area contributed by atoms with E-state index >= 15 is 0 Å². The zero-order valence-electron chi connectivity index (χ0n) is 11.4. The Morgan fingerprint density at radius 1 is 1.33 bits per heavy atom. The fourth-order valence-electron chi connectivity index (χ4n) is 1.56. The van der Waals surface area contributed by atoms with Gasteiger partial charge in [0.15, 0.2) is 5.11 Å². The number of rotatable bonds is 4. The highest BCUT2D eigenvalue weighted by Gasteiger charge is 2.16. The number of hydrogen-bond acceptors (Lipinski definition) is 3. The molecule has 1 rings (SSSR count). The van der Waals surface area contributed by atoms with Crippen LogP contribution in [0.3, 0.4) is 0 Å². The molecule has 0 aliphatic heterocycles. The maximum atomic E-state index is 11.6. The Kier molecular flexibility index (Phi) is 6.76. The van der Waals surface area contributed by atoms with E-state index in [0.717, 1.165) is 0 Å². The summed E-state index contributed by atoms with van der Waals surface area (Å²) in [5.41, 5.74) is 0.331. The first kappa shape index (κ1) is 18.1. The first-order chi connectivity index (χ1) is 9.70. The molecule has 8 heteroatoms. The molecule has 0 bridgehead atoms. The van der Waals surface area contributed by atoms with E-state index in [2.05, 4.69) is 42.5 Å². The molecule has 21 heavy (non-hydrogen) atoms. The Morgan fingerprint density at radius 2 is 1.95 bits per heavy atom. The van der Waals surface area contributed by atoms with Crippen LogP contribution in [0.25, 0.3) is 0 Å². The molecular weight excluding hydrogens is 424 g/mol. The topological polar surface area (TPSA) is 78.4 Å². The highest BCUT2D eigenvalue weighted by atomic mass is 79.9. The molecule has 0 radical (unpaired) electrons. The minimum atomic E-state index is -1.10. The van der Waals surface area contributed by atoms with Gasteiger partial charge in [-0.3, -0.25) is 4.79 Å². The number of nitrogens with one attached hydrogen (secondary N) is 2. The van der Waals surface area contributed by atoms with E-state index in [0.29, 0.717) is 21.1 Å². The van der Waals surface area contributed by atoms with Crippen molar-refractivity contribution in [3.63, 3.8) is 0 Å². The van der Waals surface area contributed by atoms with Gasteiger partial charge in [-0.15, -0.1) is 0 Å². The van der Waals surface area contributed by atoms with Crippen molar-refractivity contribution in [2.45, 2.75) is 20.3 Å². The number of thiocarbonyl (C=S) groups is 1. The molecule has 0 saturated carbocycles. The molecule has 1 aromatic carbocycles. The number of halogens is 2. The smallest absolute Gasteiger partial charge is 0.337 e. The van der Waals surface area contributed by atoms with Crippen LogP contribution in [0, 0.1) is 5.92 Å². The number of carboxylic acids is 1. The lowest BCUT2D eigenvalue weighted by atomic mass is 10.1. The normalized spacial score (nSPS) is 10.3. The first-order valence-electron chi connectivity index (χ1n) is 6.04.